The van der Waals surface area contributed by atoms with E-state index < -0.39 is 0 Å². The summed E-state index contributed by atoms with van der Waals surface area (Å²) in [5.41, 5.74) is 0. The van der Waals surface area contributed by atoms with Crippen molar-refractivity contribution in [3.8, 4) is 0 Å². The average Bonchev–Trinajstić information content (AvgIpc) is 2.87. The van der Waals surface area contributed by atoms with Crippen LogP contribution >= 0.6 is 0 Å². The van der Waals surface area contributed by atoms with E-state index in [0.29, 0.717) is 25.6 Å². The number of carbonyl (C=O) groups is 1. The Morgan fingerprint density at radius 1 is 1.57 bits per heavy atom. The first kappa shape index (κ1) is 9.68. The van der Waals surface area contributed by atoms with Gasteiger partial charge in [0.2, 0.25) is 5.78 Å². The number of hydrogen-bond acceptors (Lipinski definition) is 4. The lowest BCUT2D eigenvalue weighted by Crippen LogP contribution is -2.37. The van der Waals surface area contributed by atoms with Crippen molar-refractivity contribution in [1.82, 2.24) is 5.32 Å². The van der Waals surface area contributed by atoms with Gasteiger partial charge in [0, 0.05) is 12.5 Å². The fourth-order valence-corrected chi connectivity index (χ4v) is 1.87. The molecule has 4 nitrogen and oxygen atoms in total. The highest BCUT2D eigenvalue weighted by atomic mass is 16.5. The Labute approximate surface area is 83.3 Å². The van der Waals surface area contributed by atoms with Crippen LogP contribution in [0.1, 0.15) is 6.42 Å². The molecule has 1 N–H and O–H groups in total. The summed E-state index contributed by atoms with van der Waals surface area (Å²) in [4.78, 5) is 11.9. The first-order chi connectivity index (χ1) is 6.83. The second kappa shape index (κ2) is 4.11. The van der Waals surface area contributed by atoms with Gasteiger partial charge in [0.05, 0.1) is 25.7 Å². The van der Waals surface area contributed by atoms with E-state index in [4.69, 9.17) is 9.47 Å². The van der Waals surface area contributed by atoms with Gasteiger partial charge in [0.25, 0.3) is 0 Å². The van der Waals surface area contributed by atoms with Gasteiger partial charge in [-0.15, -0.1) is 0 Å². The van der Waals surface area contributed by atoms with Gasteiger partial charge in [-0.25, -0.2) is 0 Å². The average molecular weight is 197 g/mol. The van der Waals surface area contributed by atoms with Gasteiger partial charge >= 0.3 is 0 Å². The molecule has 2 heterocycles. The Bertz CT molecular complexity index is 262. The van der Waals surface area contributed by atoms with Crippen LogP contribution < -0.4 is 5.32 Å². The number of nitrogens with one attached hydrogen (secondary N) is 1. The molecule has 0 aromatic rings. The van der Waals surface area contributed by atoms with E-state index in [-0.39, 0.29) is 17.7 Å². The van der Waals surface area contributed by atoms with Crippen LogP contribution in [0.25, 0.3) is 0 Å². The Kier molecular flexibility index (Phi) is 2.84. The maximum Gasteiger partial charge on any atom is 0.204 e. The van der Waals surface area contributed by atoms with Crippen LogP contribution in [0.4, 0.5) is 0 Å². The molecular formula is C10H15NO3. The number of allylic oxidation sites excluding steroid dienone is 1. The monoisotopic (exact) mass is 197 g/mol. The quantitative estimate of drug-likeness (QED) is 0.696. The molecule has 2 unspecified atom stereocenters. The smallest absolute Gasteiger partial charge is 0.204 e. The van der Waals surface area contributed by atoms with Gasteiger partial charge < -0.3 is 14.8 Å². The van der Waals surface area contributed by atoms with Crippen molar-refractivity contribution < 1.29 is 14.3 Å². The summed E-state index contributed by atoms with van der Waals surface area (Å²) in [6, 6.07) is 0.132. The minimum Gasteiger partial charge on any atom is -0.490 e. The van der Waals surface area contributed by atoms with Gasteiger partial charge in [-0.1, -0.05) is 0 Å². The van der Waals surface area contributed by atoms with E-state index in [1.54, 1.807) is 0 Å². The highest BCUT2D eigenvalue weighted by Crippen LogP contribution is 2.21. The van der Waals surface area contributed by atoms with E-state index in [1.165, 1.54) is 0 Å². The summed E-state index contributed by atoms with van der Waals surface area (Å²) < 4.78 is 10.5. The summed E-state index contributed by atoms with van der Waals surface area (Å²) in [6.45, 7) is 1.75. The largest absolute Gasteiger partial charge is 0.490 e. The lowest BCUT2D eigenvalue weighted by molar-refractivity contribution is -0.122. The maximum absolute atomic E-state index is 11.9. The third-order valence-corrected chi connectivity index (χ3v) is 2.74. The van der Waals surface area contributed by atoms with Gasteiger partial charge in [-0.05, 0) is 13.1 Å². The number of Topliss-reactive ketones (excluding diaryl/α,β-unsaturated/α-hetero) is 1. The van der Waals surface area contributed by atoms with Crippen molar-refractivity contribution in [2.75, 3.05) is 26.9 Å². The van der Waals surface area contributed by atoms with Crippen molar-refractivity contribution in [2.24, 2.45) is 5.92 Å². The summed E-state index contributed by atoms with van der Waals surface area (Å²) >= 11 is 0. The van der Waals surface area contributed by atoms with Crippen LogP contribution in [-0.4, -0.2) is 38.7 Å². The molecule has 0 radical (unpaired) electrons. The molecule has 2 aliphatic heterocycles. The fraction of sp³-hybridized carbons (Fsp3) is 0.700. The summed E-state index contributed by atoms with van der Waals surface area (Å²) in [7, 11) is 1.85. The molecular weight excluding hydrogens is 182 g/mol. The Hall–Kier alpha value is -0.870. The third-order valence-electron chi connectivity index (χ3n) is 2.74. The molecule has 0 aromatic heterocycles. The summed E-state index contributed by atoms with van der Waals surface area (Å²) in [5.74, 6) is 0.532. The Morgan fingerprint density at radius 2 is 2.43 bits per heavy atom. The molecule has 2 atom stereocenters. The van der Waals surface area contributed by atoms with Gasteiger partial charge in [0.15, 0.2) is 5.76 Å². The number of rotatable bonds is 3. The molecule has 14 heavy (non-hydrogen) atoms. The van der Waals surface area contributed by atoms with Crippen molar-refractivity contribution in [2.45, 2.75) is 12.5 Å². The van der Waals surface area contributed by atoms with Crippen molar-refractivity contribution >= 4 is 5.78 Å². The highest BCUT2D eigenvalue weighted by Gasteiger charge is 2.35. The molecule has 0 aliphatic carbocycles. The second-order valence-corrected chi connectivity index (χ2v) is 3.61. The SMILES string of the molecule is CNC1COCC1C(=O)C1=CCCO1. The second-order valence-electron chi connectivity index (χ2n) is 3.61. The first-order valence-electron chi connectivity index (χ1n) is 4.95. The normalized spacial score (nSPS) is 31.4. The fourth-order valence-electron chi connectivity index (χ4n) is 1.87. The van der Waals surface area contributed by atoms with E-state index in [2.05, 4.69) is 5.32 Å². The lowest BCUT2D eigenvalue weighted by atomic mass is 9.97. The van der Waals surface area contributed by atoms with Crippen LogP contribution in [0.3, 0.4) is 0 Å². The number of ether oxygens (including phenoxy) is 2. The molecule has 0 amide bonds. The van der Waals surface area contributed by atoms with Crippen molar-refractivity contribution in [3.05, 3.63) is 11.8 Å². The zero-order chi connectivity index (χ0) is 9.97. The standard InChI is InChI=1S/C10H15NO3/c1-11-8-6-13-5-7(8)10(12)9-3-2-4-14-9/h3,7-8,11H,2,4-6H2,1H3. The molecule has 2 aliphatic rings. The van der Waals surface area contributed by atoms with Crippen LogP contribution in [-0.2, 0) is 14.3 Å². The van der Waals surface area contributed by atoms with Gasteiger partial charge in [-0.2, -0.15) is 0 Å². The zero-order valence-corrected chi connectivity index (χ0v) is 8.29. The zero-order valence-electron chi connectivity index (χ0n) is 8.29. The number of likely N-dealkylation sites (N-methyl/N-ethyl adjacent to an activating group) is 1. The van der Waals surface area contributed by atoms with E-state index >= 15 is 0 Å². The molecule has 1 saturated heterocycles. The molecule has 4 heteroatoms. The van der Waals surface area contributed by atoms with Crippen LogP contribution in [0.15, 0.2) is 11.8 Å². The summed E-state index contributed by atoms with van der Waals surface area (Å²) in [6.07, 6.45) is 2.71. The molecule has 2 rings (SSSR count). The molecule has 1 fully saturated rings. The first-order valence-corrected chi connectivity index (χ1v) is 4.95. The van der Waals surface area contributed by atoms with Crippen LogP contribution in [0.5, 0.6) is 0 Å². The predicted octanol–water partition coefficient (Wildman–Crippen LogP) is 0.0941. The van der Waals surface area contributed by atoms with Crippen LogP contribution in [0.2, 0.25) is 0 Å². The van der Waals surface area contributed by atoms with Crippen molar-refractivity contribution in [3.63, 3.8) is 0 Å². The third kappa shape index (κ3) is 1.67. The predicted molar refractivity (Wildman–Crippen MR) is 50.8 cm³/mol. The number of carbonyl (C=O) groups excluding carboxylic acids is 1. The minimum atomic E-state index is -0.0793. The van der Waals surface area contributed by atoms with Crippen LogP contribution in [0, 0.1) is 5.92 Å². The van der Waals surface area contributed by atoms with Gasteiger partial charge in [0.1, 0.15) is 0 Å². The number of hydrogen-bond donors (Lipinski definition) is 1. The molecule has 78 valence electrons. The van der Waals surface area contributed by atoms with E-state index in [0.717, 1.165) is 6.42 Å². The van der Waals surface area contributed by atoms with Crippen molar-refractivity contribution in [1.29, 1.82) is 0 Å². The molecule has 0 bridgehead atoms. The number of ketones is 1. The molecule has 0 spiro atoms. The van der Waals surface area contributed by atoms with Gasteiger partial charge in [-0.3, -0.25) is 4.79 Å². The minimum absolute atomic E-state index is 0.0793. The molecule has 0 aromatic carbocycles. The van der Waals surface area contributed by atoms with E-state index in [9.17, 15) is 4.79 Å². The highest BCUT2D eigenvalue weighted by molar-refractivity contribution is 5.96. The summed E-state index contributed by atoms with van der Waals surface area (Å²) in [5, 5.41) is 3.09. The van der Waals surface area contributed by atoms with E-state index in [1.807, 2.05) is 13.1 Å². The molecule has 0 saturated carbocycles. The Morgan fingerprint density at radius 3 is 3.07 bits per heavy atom. The Balaban J connectivity index is 2.03. The lowest BCUT2D eigenvalue weighted by Gasteiger charge is -2.15. The topological polar surface area (TPSA) is 47.6 Å². The maximum atomic E-state index is 11.9.